The molecule has 0 radical (unpaired) electrons. The number of piperidine rings is 2. The number of hydrogen-bond donors (Lipinski definition) is 4. The highest BCUT2D eigenvalue weighted by molar-refractivity contribution is 7.21. The normalized spacial score (nSPS) is 18.2. The fourth-order valence-electron chi connectivity index (χ4n) is 4.74. The summed E-state index contributed by atoms with van der Waals surface area (Å²) in [6.07, 6.45) is 4.60. The van der Waals surface area contributed by atoms with E-state index < -0.39 is 5.97 Å². The predicted molar refractivity (Wildman–Crippen MR) is 130 cm³/mol. The first-order valence-corrected chi connectivity index (χ1v) is 12.6. The predicted octanol–water partition coefficient (Wildman–Crippen LogP) is 2.07. The molecule has 5 N–H and O–H groups in total. The van der Waals surface area contributed by atoms with E-state index in [1.165, 1.54) is 0 Å². The number of anilines is 2. The smallest absolute Gasteiger partial charge is 0.348 e. The number of carboxylic acids is 1. The van der Waals surface area contributed by atoms with Gasteiger partial charge < -0.3 is 31.1 Å². The summed E-state index contributed by atoms with van der Waals surface area (Å²) in [4.78, 5) is 33.7. The van der Waals surface area contributed by atoms with E-state index in [0.717, 1.165) is 66.9 Å². The van der Waals surface area contributed by atoms with E-state index in [-0.39, 0.29) is 22.9 Å². The number of pyridine rings is 1. The van der Waals surface area contributed by atoms with Crippen LogP contribution >= 0.6 is 11.3 Å². The minimum Gasteiger partial charge on any atom is -0.477 e. The van der Waals surface area contributed by atoms with Crippen LogP contribution in [0, 0.1) is 0 Å². The van der Waals surface area contributed by atoms with E-state index in [1.54, 1.807) is 0 Å². The van der Waals surface area contributed by atoms with Gasteiger partial charge in [-0.15, -0.1) is 11.3 Å². The number of carboxylic acid groups (broad SMARTS) is 1. The number of aliphatic hydroxyl groups is 1. The molecule has 4 rings (SSSR count). The fraction of sp³-hybridized carbons (Fsp3) is 0.609. The second-order valence-electron chi connectivity index (χ2n) is 8.97. The van der Waals surface area contributed by atoms with Gasteiger partial charge in [0.05, 0.1) is 18.3 Å². The zero-order valence-corrected chi connectivity index (χ0v) is 19.9. The van der Waals surface area contributed by atoms with Crippen LogP contribution < -0.4 is 16.0 Å². The van der Waals surface area contributed by atoms with Gasteiger partial charge in [0.1, 0.15) is 15.5 Å². The van der Waals surface area contributed by atoms with Gasteiger partial charge in [-0.3, -0.25) is 4.79 Å². The Balaban J connectivity index is 1.38. The standard InChI is InChI=1S/C23H33N5O4S/c1-2-3-14-12-17(26-22-19(14)20(24)21(33-22)23(31)32)27-8-4-15(5-9-27)25-13-18(30)28-10-6-16(29)7-11-28/h12,15-16,25,29H,2-11,13,24H2,1H3,(H,31,32). The summed E-state index contributed by atoms with van der Waals surface area (Å²) in [5, 5.41) is 23.3. The Kier molecular flexibility index (Phi) is 7.35. The average molecular weight is 476 g/mol. The van der Waals surface area contributed by atoms with Crippen molar-refractivity contribution in [3.8, 4) is 0 Å². The van der Waals surface area contributed by atoms with Crippen LogP contribution in [-0.4, -0.2) is 76.8 Å². The van der Waals surface area contributed by atoms with Crippen molar-refractivity contribution < 1.29 is 19.8 Å². The first kappa shape index (κ1) is 23.7. The summed E-state index contributed by atoms with van der Waals surface area (Å²) in [6.45, 7) is 5.32. The summed E-state index contributed by atoms with van der Waals surface area (Å²) in [6, 6.07) is 2.33. The highest BCUT2D eigenvalue weighted by Gasteiger charge is 2.26. The highest BCUT2D eigenvalue weighted by atomic mass is 32.1. The molecule has 2 aromatic rings. The molecular formula is C23H33N5O4S. The molecule has 180 valence electrons. The fourth-order valence-corrected chi connectivity index (χ4v) is 5.72. The van der Waals surface area contributed by atoms with E-state index >= 15 is 0 Å². The number of nitrogens with two attached hydrogens (primary N) is 1. The van der Waals surface area contributed by atoms with Crippen LogP contribution in [0.1, 0.15) is 54.3 Å². The highest BCUT2D eigenvalue weighted by Crippen LogP contribution is 2.37. The zero-order chi connectivity index (χ0) is 23.5. The second kappa shape index (κ2) is 10.2. The minimum atomic E-state index is -1.01. The summed E-state index contributed by atoms with van der Waals surface area (Å²) in [5.41, 5.74) is 7.53. The SMILES string of the molecule is CCCc1cc(N2CCC(NCC(=O)N3CCC(O)CC3)CC2)nc2sc(C(=O)O)c(N)c12. The molecule has 2 saturated heterocycles. The largest absolute Gasteiger partial charge is 0.477 e. The quantitative estimate of drug-likeness (QED) is 0.479. The van der Waals surface area contributed by atoms with Crippen molar-refractivity contribution in [2.45, 2.75) is 57.6 Å². The Hall–Kier alpha value is -2.43. The number of carbonyl (C=O) groups is 2. The van der Waals surface area contributed by atoms with Gasteiger partial charge in [0.2, 0.25) is 5.91 Å². The molecule has 2 aliphatic rings. The number of nitrogen functional groups attached to an aromatic ring is 1. The number of aromatic carboxylic acids is 1. The van der Waals surface area contributed by atoms with E-state index in [1.807, 2.05) is 4.90 Å². The van der Waals surface area contributed by atoms with Gasteiger partial charge >= 0.3 is 5.97 Å². The third-order valence-corrected chi connectivity index (χ3v) is 7.75. The Morgan fingerprint density at radius 3 is 2.55 bits per heavy atom. The minimum absolute atomic E-state index is 0.102. The van der Waals surface area contributed by atoms with Gasteiger partial charge in [-0.05, 0) is 43.7 Å². The molecule has 9 nitrogen and oxygen atoms in total. The summed E-state index contributed by atoms with van der Waals surface area (Å²) >= 11 is 1.14. The molecule has 0 aromatic carbocycles. The molecule has 0 saturated carbocycles. The van der Waals surface area contributed by atoms with Crippen LogP contribution in [0.15, 0.2) is 6.07 Å². The van der Waals surface area contributed by atoms with Gasteiger partial charge in [-0.1, -0.05) is 13.3 Å². The van der Waals surface area contributed by atoms with Gasteiger partial charge in [0, 0.05) is 37.6 Å². The molecule has 4 heterocycles. The number of aromatic nitrogens is 1. The number of hydrogen-bond acceptors (Lipinski definition) is 8. The van der Waals surface area contributed by atoms with Crippen LogP contribution in [0.5, 0.6) is 0 Å². The summed E-state index contributed by atoms with van der Waals surface area (Å²) < 4.78 is 0. The van der Waals surface area contributed by atoms with Crippen LogP contribution in [0.3, 0.4) is 0 Å². The number of nitrogens with one attached hydrogen (secondary N) is 1. The molecule has 1 amide bonds. The average Bonchev–Trinajstić information content (AvgIpc) is 3.15. The number of aryl methyl sites for hydroxylation is 1. The van der Waals surface area contributed by atoms with Crippen molar-refractivity contribution in [2.24, 2.45) is 0 Å². The molecule has 0 atom stereocenters. The number of amides is 1. The summed E-state index contributed by atoms with van der Waals surface area (Å²) in [7, 11) is 0. The van der Waals surface area contributed by atoms with Crippen LogP contribution in [0.2, 0.25) is 0 Å². The van der Waals surface area contributed by atoms with Gasteiger partial charge in [-0.25, -0.2) is 9.78 Å². The zero-order valence-electron chi connectivity index (χ0n) is 19.0. The number of aliphatic hydroxyl groups excluding tert-OH is 1. The topological polar surface area (TPSA) is 132 Å². The van der Waals surface area contributed by atoms with Crippen molar-refractivity contribution in [1.82, 2.24) is 15.2 Å². The van der Waals surface area contributed by atoms with Crippen LogP contribution in [0.25, 0.3) is 10.2 Å². The third kappa shape index (κ3) is 5.23. The maximum atomic E-state index is 12.4. The van der Waals surface area contributed by atoms with Crippen LogP contribution in [-0.2, 0) is 11.2 Å². The van der Waals surface area contributed by atoms with E-state index in [9.17, 15) is 19.8 Å². The lowest BCUT2D eigenvalue weighted by atomic mass is 10.0. The van der Waals surface area contributed by atoms with Crippen molar-refractivity contribution in [3.63, 3.8) is 0 Å². The molecule has 2 fully saturated rings. The van der Waals surface area contributed by atoms with E-state index in [2.05, 4.69) is 23.2 Å². The molecule has 33 heavy (non-hydrogen) atoms. The van der Waals surface area contributed by atoms with Gasteiger partial charge in [0.15, 0.2) is 0 Å². The first-order valence-electron chi connectivity index (χ1n) is 11.8. The van der Waals surface area contributed by atoms with Crippen molar-refractivity contribution >= 4 is 44.9 Å². The number of carbonyl (C=O) groups excluding carboxylic acids is 1. The molecule has 10 heteroatoms. The maximum absolute atomic E-state index is 12.4. The van der Waals surface area contributed by atoms with Crippen molar-refractivity contribution in [2.75, 3.05) is 43.4 Å². The van der Waals surface area contributed by atoms with Gasteiger partial charge in [-0.2, -0.15) is 0 Å². The number of fused-ring (bicyclic) bond motifs is 1. The number of thiophene rings is 1. The monoisotopic (exact) mass is 475 g/mol. The molecule has 2 aromatic heterocycles. The second-order valence-corrected chi connectivity index (χ2v) is 9.97. The number of nitrogens with zero attached hydrogens (tertiary/aromatic N) is 3. The molecule has 0 aliphatic carbocycles. The molecule has 0 bridgehead atoms. The Labute approximate surface area is 197 Å². The molecule has 0 spiro atoms. The lowest BCUT2D eigenvalue weighted by molar-refractivity contribution is -0.132. The van der Waals surface area contributed by atoms with Crippen molar-refractivity contribution in [3.05, 3.63) is 16.5 Å². The molecule has 2 aliphatic heterocycles. The van der Waals surface area contributed by atoms with Crippen LogP contribution in [0.4, 0.5) is 11.5 Å². The molecule has 0 unspecified atom stereocenters. The lowest BCUT2D eigenvalue weighted by Gasteiger charge is -2.34. The Bertz CT molecular complexity index is 1010. The summed E-state index contributed by atoms with van der Waals surface area (Å²) in [5.74, 6) is -0.0441. The number of rotatable bonds is 7. The van der Waals surface area contributed by atoms with Crippen molar-refractivity contribution in [1.29, 1.82) is 0 Å². The van der Waals surface area contributed by atoms with E-state index in [0.29, 0.717) is 43.0 Å². The van der Waals surface area contributed by atoms with Gasteiger partial charge in [0.25, 0.3) is 0 Å². The maximum Gasteiger partial charge on any atom is 0.348 e. The molecular weight excluding hydrogens is 442 g/mol. The number of likely N-dealkylation sites (tertiary alicyclic amines) is 1. The third-order valence-electron chi connectivity index (χ3n) is 6.66. The van der Waals surface area contributed by atoms with E-state index in [4.69, 9.17) is 10.7 Å². The first-order chi connectivity index (χ1) is 15.9. The lowest BCUT2D eigenvalue weighted by Crippen LogP contribution is -2.48. The Morgan fingerprint density at radius 2 is 1.91 bits per heavy atom. The Morgan fingerprint density at radius 1 is 1.21 bits per heavy atom.